The Bertz CT molecular complexity index is 700. The molecule has 0 aliphatic heterocycles. The lowest BCUT2D eigenvalue weighted by Gasteiger charge is -2.03. The van der Waals surface area contributed by atoms with Gasteiger partial charge in [0.15, 0.2) is 5.82 Å². The fourth-order valence-corrected chi connectivity index (χ4v) is 1.87. The summed E-state index contributed by atoms with van der Waals surface area (Å²) >= 11 is 0. The van der Waals surface area contributed by atoms with Gasteiger partial charge in [-0.1, -0.05) is 23.8 Å². The van der Waals surface area contributed by atoms with Gasteiger partial charge >= 0.3 is 0 Å². The number of rotatable bonds is 2. The van der Waals surface area contributed by atoms with Crippen LogP contribution in [0.5, 0.6) is 0 Å². The zero-order valence-corrected chi connectivity index (χ0v) is 10.5. The Hall–Kier alpha value is -2.69. The molecular formula is C14H13N5. The van der Waals surface area contributed by atoms with E-state index in [0.29, 0.717) is 11.6 Å². The van der Waals surface area contributed by atoms with E-state index in [1.165, 1.54) is 5.56 Å². The van der Waals surface area contributed by atoms with Gasteiger partial charge in [-0.3, -0.25) is 0 Å². The average Bonchev–Trinajstić information content (AvgIpc) is 2.86. The summed E-state index contributed by atoms with van der Waals surface area (Å²) in [7, 11) is 0. The van der Waals surface area contributed by atoms with Crippen molar-refractivity contribution in [3.63, 3.8) is 0 Å². The molecule has 3 aromatic rings. The quantitative estimate of drug-likeness (QED) is 0.758. The van der Waals surface area contributed by atoms with Gasteiger partial charge < -0.3 is 5.73 Å². The molecule has 0 unspecified atom stereocenters. The molecule has 0 atom stereocenters. The van der Waals surface area contributed by atoms with Crippen molar-refractivity contribution in [3.05, 3.63) is 54.2 Å². The Balaban J connectivity index is 1.95. The van der Waals surface area contributed by atoms with Crippen LogP contribution in [0.15, 0.2) is 48.7 Å². The van der Waals surface area contributed by atoms with Gasteiger partial charge in [0.2, 0.25) is 0 Å². The van der Waals surface area contributed by atoms with E-state index in [-0.39, 0.29) is 0 Å². The van der Waals surface area contributed by atoms with Gasteiger partial charge in [0, 0.05) is 17.8 Å². The van der Waals surface area contributed by atoms with Gasteiger partial charge in [-0.05, 0) is 25.1 Å². The van der Waals surface area contributed by atoms with Crippen LogP contribution >= 0.6 is 0 Å². The van der Waals surface area contributed by atoms with Gasteiger partial charge in [-0.15, -0.1) is 15.3 Å². The molecule has 0 saturated carbocycles. The van der Waals surface area contributed by atoms with Crippen molar-refractivity contribution in [2.45, 2.75) is 6.92 Å². The normalized spacial score (nSPS) is 10.6. The van der Waals surface area contributed by atoms with Crippen LogP contribution in [0.2, 0.25) is 0 Å². The van der Waals surface area contributed by atoms with Crippen molar-refractivity contribution in [2.24, 2.45) is 0 Å². The van der Waals surface area contributed by atoms with E-state index in [9.17, 15) is 0 Å². The molecule has 0 bridgehead atoms. The van der Waals surface area contributed by atoms with E-state index in [4.69, 9.17) is 5.73 Å². The fraction of sp³-hybridized carbons (Fsp3) is 0.0714. The predicted molar refractivity (Wildman–Crippen MR) is 73.7 cm³/mol. The Kier molecular flexibility index (Phi) is 2.72. The smallest absolute Gasteiger partial charge is 0.175 e. The highest BCUT2D eigenvalue weighted by molar-refractivity contribution is 5.59. The minimum absolute atomic E-state index is 0.463. The molecule has 0 spiro atoms. The first-order chi connectivity index (χ1) is 9.22. The van der Waals surface area contributed by atoms with Crippen molar-refractivity contribution in [1.29, 1.82) is 0 Å². The summed E-state index contributed by atoms with van der Waals surface area (Å²) in [6.45, 7) is 2.05. The number of benzene rings is 1. The minimum Gasteiger partial charge on any atom is -0.382 e. The van der Waals surface area contributed by atoms with Crippen LogP contribution in [0.1, 0.15) is 5.56 Å². The maximum absolute atomic E-state index is 5.57. The van der Waals surface area contributed by atoms with E-state index in [1.807, 2.05) is 24.3 Å². The largest absolute Gasteiger partial charge is 0.382 e. The van der Waals surface area contributed by atoms with Crippen molar-refractivity contribution in [2.75, 3.05) is 5.73 Å². The molecule has 0 amide bonds. The Morgan fingerprint density at radius 2 is 1.95 bits per heavy atom. The molecule has 0 radical (unpaired) electrons. The minimum atomic E-state index is 0.463. The molecule has 3 rings (SSSR count). The molecule has 0 saturated heterocycles. The first kappa shape index (κ1) is 11.4. The van der Waals surface area contributed by atoms with Crippen molar-refractivity contribution >= 4 is 5.82 Å². The lowest BCUT2D eigenvalue weighted by atomic mass is 10.1. The summed E-state index contributed by atoms with van der Waals surface area (Å²) in [5.41, 5.74) is 8.67. The number of nitrogens with two attached hydrogens (primary N) is 1. The van der Waals surface area contributed by atoms with E-state index < -0.39 is 0 Å². The van der Waals surface area contributed by atoms with E-state index >= 15 is 0 Å². The molecule has 0 fully saturated rings. The zero-order chi connectivity index (χ0) is 13.2. The lowest BCUT2D eigenvalue weighted by Crippen LogP contribution is -2.01. The second-order valence-corrected chi connectivity index (χ2v) is 4.33. The van der Waals surface area contributed by atoms with Crippen molar-refractivity contribution in [3.8, 4) is 17.1 Å². The number of nitrogens with zero attached hydrogens (tertiary/aromatic N) is 4. The maximum Gasteiger partial charge on any atom is 0.175 e. The molecule has 94 valence electrons. The molecule has 5 heteroatoms. The Morgan fingerprint density at radius 1 is 1.05 bits per heavy atom. The van der Waals surface area contributed by atoms with Crippen molar-refractivity contribution in [1.82, 2.24) is 20.0 Å². The van der Waals surface area contributed by atoms with Gasteiger partial charge in [0.25, 0.3) is 0 Å². The molecule has 2 aromatic heterocycles. The summed E-state index contributed by atoms with van der Waals surface area (Å²) in [5, 5.41) is 12.5. The van der Waals surface area contributed by atoms with Crippen LogP contribution in [-0.2, 0) is 0 Å². The van der Waals surface area contributed by atoms with Crippen molar-refractivity contribution < 1.29 is 0 Å². The molecule has 0 aliphatic carbocycles. The highest BCUT2D eigenvalue weighted by Crippen LogP contribution is 2.18. The van der Waals surface area contributed by atoms with E-state index in [1.54, 1.807) is 16.9 Å². The maximum atomic E-state index is 5.57. The number of aromatic nitrogens is 4. The fourth-order valence-electron chi connectivity index (χ4n) is 1.87. The van der Waals surface area contributed by atoms with Crippen LogP contribution in [0.3, 0.4) is 0 Å². The zero-order valence-electron chi connectivity index (χ0n) is 10.5. The first-order valence-electron chi connectivity index (χ1n) is 5.95. The lowest BCUT2D eigenvalue weighted by molar-refractivity contribution is 0.820. The van der Waals surface area contributed by atoms with Gasteiger partial charge in [0.05, 0.1) is 5.69 Å². The average molecular weight is 251 g/mol. The molecule has 5 nitrogen and oxygen atoms in total. The topological polar surface area (TPSA) is 69.6 Å². The number of aryl methyl sites for hydroxylation is 1. The third kappa shape index (κ3) is 2.30. The first-order valence-corrected chi connectivity index (χ1v) is 5.95. The van der Waals surface area contributed by atoms with Crippen LogP contribution in [0.25, 0.3) is 17.1 Å². The molecular weight excluding hydrogens is 238 g/mol. The standard InChI is InChI=1S/C14H13N5/c1-10-3-2-4-11(9-10)12-5-6-14(17-16-12)19-8-7-13(15)18-19/h2-9H,1H3,(H2,15,18). The Labute approximate surface area is 110 Å². The highest BCUT2D eigenvalue weighted by atomic mass is 15.3. The third-order valence-corrected chi connectivity index (χ3v) is 2.81. The summed E-state index contributed by atoms with van der Waals surface area (Å²) < 4.78 is 1.60. The summed E-state index contributed by atoms with van der Waals surface area (Å²) in [6, 6.07) is 13.7. The second kappa shape index (κ2) is 4.53. The van der Waals surface area contributed by atoms with E-state index in [0.717, 1.165) is 11.3 Å². The molecule has 1 aromatic carbocycles. The summed E-state index contributed by atoms with van der Waals surface area (Å²) in [5.74, 6) is 1.11. The predicted octanol–water partition coefficient (Wildman–Crippen LogP) is 2.22. The number of nitrogen functional groups attached to an aromatic ring is 1. The summed E-state index contributed by atoms with van der Waals surface area (Å²) in [6.07, 6.45) is 1.76. The SMILES string of the molecule is Cc1cccc(-c2ccc(-n3ccc(N)n3)nn2)c1. The van der Waals surface area contributed by atoms with E-state index in [2.05, 4.69) is 34.4 Å². The third-order valence-electron chi connectivity index (χ3n) is 2.81. The van der Waals surface area contributed by atoms with Gasteiger partial charge in [-0.2, -0.15) is 0 Å². The van der Waals surface area contributed by atoms with Crippen LogP contribution < -0.4 is 5.73 Å². The van der Waals surface area contributed by atoms with Crippen LogP contribution in [-0.4, -0.2) is 20.0 Å². The monoisotopic (exact) mass is 251 g/mol. The molecule has 2 heterocycles. The van der Waals surface area contributed by atoms with Crippen LogP contribution in [0, 0.1) is 6.92 Å². The molecule has 0 aliphatic rings. The van der Waals surface area contributed by atoms with Gasteiger partial charge in [-0.25, -0.2) is 4.68 Å². The highest BCUT2D eigenvalue weighted by Gasteiger charge is 2.03. The molecule has 2 N–H and O–H groups in total. The Morgan fingerprint density at radius 3 is 2.58 bits per heavy atom. The van der Waals surface area contributed by atoms with Crippen LogP contribution in [0.4, 0.5) is 5.82 Å². The number of hydrogen-bond acceptors (Lipinski definition) is 4. The number of hydrogen-bond donors (Lipinski definition) is 1. The molecule has 19 heavy (non-hydrogen) atoms. The second-order valence-electron chi connectivity index (χ2n) is 4.33. The summed E-state index contributed by atoms with van der Waals surface area (Å²) in [4.78, 5) is 0. The number of anilines is 1. The van der Waals surface area contributed by atoms with Gasteiger partial charge in [0.1, 0.15) is 5.82 Å².